The van der Waals surface area contributed by atoms with Crippen molar-refractivity contribution in [2.24, 2.45) is 0 Å². The molecular weight excluding hydrogens is 206 g/mol. The second-order valence-corrected chi connectivity index (χ2v) is 4.13. The van der Waals surface area contributed by atoms with Crippen molar-refractivity contribution in [3.05, 3.63) is 34.9 Å². The van der Waals surface area contributed by atoms with Crippen LogP contribution in [0, 0.1) is 0 Å². The molecule has 0 radical (unpaired) electrons. The van der Waals surface area contributed by atoms with Crippen molar-refractivity contribution >= 4 is 6.09 Å². The van der Waals surface area contributed by atoms with Crippen molar-refractivity contribution in [3.63, 3.8) is 0 Å². The van der Waals surface area contributed by atoms with E-state index in [9.17, 15) is 4.79 Å². The normalized spacial score (nSPS) is 23.5. The van der Waals surface area contributed by atoms with E-state index in [1.165, 1.54) is 11.1 Å². The molecule has 4 nitrogen and oxygen atoms in total. The summed E-state index contributed by atoms with van der Waals surface area (Å²) >= 11 is 0. The van der Waals surface area contributed by atoms with Gasteiger partial charge in [0.1, 0.15) is 6.61 Å². The third-order valence-corrected chi connectivity index (χ3v) is 3.08. The molecule has 1 amide bonds. The van der Waals surface area contributed by atoms with Gasteiger partial charge in [0.25, 0.3) is 0 Å². The first-order valence-electron chi connectivity index (χ1n) is 5.46. The van der Waals surface area contributed by atoms with Gasteiger partial charge in [0.15, 0.2) is 0 Å². The first-order chi connectivity index (χ1) is 7.83. The Balaban J connectivity index is 1.88. The molecule has 2 aliphatic rings. The zero-order chi connectivity index (χ0) is 11.0. The van der Waals surface area contributed by atoms with Gasteiger partial charge in [-0.05, 0) is 23.1 Å². The second-order valence-electron chi connectivity index (χ2n) is 4.13. The third-order valence-electron chi connectivity index (χ3n) is 3.08. The van der Waals surface area contributed by atoms with E-state index in [2.05, 4.69) is 17.4 Å². The molecule has 1 aromatic rings. The zero-order valence-corrected chi connectivity index (χ0v) is 8.86. The lowest BCUT2D eigenvalue weighted by molar-refractivity contribution is 0.110. The van der Waals surface area contributed by atoms with Crippen LogP contribution in [-0.2, 0) is 22.5 Å². The summed E-state index contributed by atoms with van der Waals surface area (Å²) < 4.78 is 10.3. The van der Waals surface area contributed by atoms with Crippen LogP contribution in [-0.4, -0.2) is 19.3 Å². The first kappa shape index (κ1) is 9.66. The van der Waals surface area contributed by atoms with Gasteiger partial charge >= 0.3 is 6.09 Å². The Bertz CT molecular complexity index is 430. The highest BCUT2D eigenvalue weighted by Crippen LogP contribution is 2.24. The lowest BCUT2D eigenvalue weighted by atomic mass is 9.97. The fraction of sp³-hybridized carbons (Fsp3) is 0.417. The monoisotopic (exact) mass is 219 g/mol. The maximum absolute atomic E-state index is 11.0. The number of alkyl carbamates (subject to hydrolysis) is 1. The van der Waals surface area contributed by atoms with Crippen LogP contribution in [0.25, 0.3) is 0 Å². The molecule has 1 unspecified atom stereocenters. The van der Waals surface area contributed by atoms with Gasteiger partial charge in [0, 0.05) is 0 Å². The summed E-state index contributed by atoms with van der Waals surface area (Å²) in [6.45, 7) is 1.90. The largest absolute Gasteiger partial charge is 0.447 e. The molecule has 1 aromatic carbocycles. The SMILES string of the molecule is O=C1NC(c2ccc3c(c2)CCOC3)CO1. The highest BCUT2D eigenvalue weighted by atomic mass is 16.6. The number of carbonyl (C=O) groups excluding carboxylic acids is 1. The van der Waals surface area contributed by atoms with Crippen molar-refractivity contribution in [3.8, 4) is 0 Å². The molecule has 0 bridgehead atoms. The Kier molecular flexibility index (Phi) is 2.29. The van der Waals surface area contributed by atoms with E-state index in [0.717, 1.165) is 18.6 Å². The number of benzene rings is 1. The van der Waals surface area contributed by atoms with E-state index in [1.54, 1.807) is 0 Å². The van der Waals surface area contributed by atoms with Gasteiger partial charge in [-0.25, -0.2) is 4.79 Å². The molecule has 1 N–H and O–H groups in total. The lowest BCUT2D eigenvalue weighted by Crippen LogP contribution is -2.19. The van der Waals surface area contributed by atoms with Gasteiger partial charge in [0.05, 0.1) is 19.3 Å². The van der Waals surface area contributed by atoms with Crippen molar-refractivity contribution in [2.45, 2.75) is 19.1 Å². The molecule has 3 rings (SSSR count). The van der Waals surface area contributed by atoms with E-state index in [0.29, 0.717) is 13.2 Å². The highest BCUT2D eigenvalue weighted by Gasteiger charge is 2.24. The fourth-order valence-corrected chi connectivity index (χ4v) is 2.16. The van der Waals surface area contributed by atoms with E-state index < -0.39 is 0 Å². The molecule has 16 heavy (non-hydrogen) atoms. The number of ether oxygens (including phenoxy) is 2. The molecule has 0 saturated carbocycles. The topological polar surface area (TPSA) is 47.6 Å². The molecule has 2 heterocycles. The maximum atomic E-state index is 11.0. The van der Waals surface area contributed by atoms with Crippen LogP contribution in [0.5, 0.6) is 0 Å². The summed E-state index contributed by atoms with van der Waals surface area (Å²) in [4.78, 5) is 11.0. The fourth-order valence-electron chi connectivity index (χ4n) is 2.16. The van der Waals surface area contributed by atoms with Gasteiger partial charge < -0.3 is 14.8 Å². The average molecular weight is 219 g/mol. The molecule has 0 aliphatic carbocycles. The standard InChI is InChI=1S/C12H13NO3/c14-12-13-11(7-16-12)9-1-2-10-6-15-4-3-8(10)5-9/h1-2,5,11H,3-4,6-7H2,(H,13,14). The Labute approximate surface area is 93.5 Å². The van der Waals surface area contributed by atoms with Gasteiger partial charge in [0.2, 0.25) is 0 Å². The Hall–Kier alpha value is -1.55. The van der Waals surface area contributed by atoms with Gasteiger partial charge in [-0.1, -0.05) is 18.2 Å². The minimum atomic E-state index is -0.328. The molecule has 0 aromatic heterocycles. The predicted octanol–water partition coefficient (Wildman–Crippen LogP) is 1.54. The first-order valence-corrected chi connectivity index (χ1v) is 5.46. The van der Waals surface area contributed by atoms with Crippen LogP contribution in [0.4, 0.5) is 4.79 Å². The summed E-state index contributed by atoms with van der Waals surface area (Å²) in [6.07, 6.45) is 0.621. The van der Waals surface area contributed by atoms with E-state index in [4.69, 9.17) is 9.47 Å². The molecule has 0 spiro atoms. The minimum Gasteiger partial charge on any atom is -0.447 e. The third kappa shape index (κ3) is 1.65. The van der Waals surface area contributed by atoms with Crippen LogP contribution in [0.15, 0.2) is 18.2 Å². The summed E-state index contributed by atoms with van der Waals surface area (Å²) in [7, 11) is 0. The Morgan fingerprint density at radius 1 is 1.31 bits per heavy atom. The quantitative estimate of drug-likeness (QED) is 0.779. The lowest BCUT2D eigenvalue weighted by Gasteiger charge is -2.18. The average Bonchev–Trinajstić information content (AvgIpc) is 2.75. The molecule has 2 aliphatic heterocycles. The van der Waals surface area contributed by atoms with Crippen molar-refractivity contribution in [1.29, 1.82) is 0 Å². The number of nitrogens with one attached hydrogen (secondary N) is 1. The van der Waals surface area contributed by atoms with Crippen molar-refractivity contribution in [1.82, 2.24) is 5.32 Å². The van der Waals surface area contributed by atoms with Crippen LogP contribution in [0.1, 0.15) is 22.7 Å². The second kappa shape index (κ2) is 3.79. The summed E-state index contributed by atoms with van der Waals surface area (Å²) in [5.41, 5.74) is 3.69. The molecule has 4 heteroatoms. The number of cyclic esters (lactones) is 1. The molecule has 84 valence electrons. The number of carbonyl (C=O) groups is 1. The number of rotatable bonds is 1. The Morgan fingerprint density at radius 2 is 2.25 bits per heavy atom. The van der Waals surface area contributed by atoms with Crippen LogP contribution < -0.4 is 5.32 Å². The van der Waals surface area contributed by atoms with E-state index in [1.807, 2.05) is 6.07 Å². The van der Waals surface area contributed by atoms with Crippen molar-refractivity contribution < 1.29 is 14.3 Å². The number of hydrogen-bond acceptors (Lipinski definition) is 3. The van der Waals surface area contributed by atoms with E-state index >= 15 is 0 Å². The summed E-state index contributed by atoms with van der Waals surface area (Å²) in [5, 5.41) is 2.78. The number of amides is 1. The van der Waals surface area contributed by atoms with E-state index in [-0.39, 0.29) is 12.1 Å². The van der Waals surface area contributed by atoms with Gasteiger partial charge in [-0.2, -0.15) is 0 Å². The molecule has 1 atom stereocenters. The van der Waals surface area contributed by atoms with Crippen LogP contribution >= 0.6 is 0 Å². The molecular formula is C12H13NO3. The van der Waals surface area contributed by atoms with Gasteiger partial charge in [-0.3, -0.25) is 0 Å². The van der Waals surface area contributed by atoms with Crippen LogP contribution in [0.3, 0.4) is 0 Å². The number of fused-ring (bicyclic) bond motifs is 1. The van der Waals surface area contributed by atoms with Gasteiger partial charge in [-0.15, -0.1) is 0 Å². The highest BCUT2D eigenvalue weighted by molar-refractivity contribution is 5.70. The number of hydrogen-bond donors (Lipinski definition) is 1. The maximum Gasteiger partial charge on any atom is 0.407 e. The minimum absolute atomic E-state index is 0.000597. The predicted molar refractivity (Wildman–Crippen MR) is 57.0 cm³/mol. The zero-order valence-electron chi connectivity index (χ0n) is 8.86. The summed E-state index contributed by atoms with van der Waals surface area (Å²) in [5.74, 6) is 0. The molecule has 1 fully saturated rings. The smallest absolute Gasteiger partial charge is 0.407 e. The Morgan fingerprint density at radius 3 is 3.06 bits per heavy atom. The van der Waals surface area contributed by atoms with Crippen LogP contribution in [0.2, 0.25) is 0 Å². The molecule has 1 saturated heterocycles. The van der Waals surface area contributed by atoms with Crippen molar-refractivity contribution in [2.75, 3.05) is 13.2 Å². The summed E-state index contributed by atoms with van der Waals surface area (Å²) in [6, 6.07) is 6.26.